The van der Waals surface area contributed by atoms with Gasteiger partial charge in [-0.15, -0.1) is 0 Å². The second-order valence-corrected chi connectivity index (χ2v) is 4.41. The first-order chi connectivity index (χ1) is 8.12. The number of amides is 1. The van der Waals surface area contributed by atoms with Gasteiger partial charge in [-0.1, -0.05) is 0 Å². The highest BCUT2D eigenvalue weighted by atomic mass is 16.5. The average molecular weight is 246 g/mol. The molecule has 6 heteroatoms. The largest absolute Gasteiger partial charge is 0.396 e. The van der Waals surface area contributed by atoms with Gasteiger partial charge in [0.2, 0.25) is 5.91 Å². The molecule has 0 radical (unpaired) electrons. The van der Waals surface area contributed by atoms with Gasteiger partial charge in [-0.05, 0) is 19.3 Å². The molecule has 1 saturated heterocycles. The number of nitrogens with one attached hydrogen (secondary N) is 1. The van der Waals surface area contributed by atoms with Crippen molar-refractivity contribution in [3.05, 3.63) is 0 Å². The number of hydrogen-bond acceptors (Lipinski definition) is 5. The van der Waals surface area contributed by atoms with Crippen LogP contribution in [0, 0.1) is 0 Å². The first-order valence-corrected chi connectivity index (χ1v) is 5.90. The number of hydrogen-bond donors (Lipinski definition) is 3. The summed E-state index contributed by atoms with van der Waals surface area (Å²) in [6.07, 6.45) is 1.52. The van der Waals surface area contributed by atoms with Gasteiger partial charge in [0.25, 0.3) is 0 Å². The molecule has 0 aromatic heterocycles. The minimum absolute atomic E-state index is 0.00892. The third-order valence-electron chi connectivity index (χ3n) is 3.02. The summed E-state index contributed by atoms with van der Waals surface area (Å²) in [6.45, 7) is 1.41. The van der Waals surface area contributed by atoms with Gasteiger partial charge in [0.15, 0.2) is 0 Å². The number of aliphatic hydroxyl groups excluding tert-OH is 1. The number of nitrogens with two attached hydrogens (primary N) is 1. The van der Waals surface area contributed by atoms with E-state index in [0.717, 1.165) is 0 Å². The van der Waals surface area contributed by atoms with Gasteiger partial charge in [0.1, 0.15) is 0 Å². The second kappa shape index (κ2) is 6.90. The van der Waals surface area contributed by atoms with Crippen molar-refractivity contribution >= 4 is 5.91 Å². The predicted octanol–water partition coefficient (Wildman–Crippen LogP) is -0.992. The summed E-state index contributed by atoms with van der Waals surface area (Å²) in [5.74, 6) is -0.184. The van der Waals surface area contributed by atoms with E-state index in [1.54, 1.807) is 7.11 Å². The SMILES string of the molecule is COCC(CCO)NC(=O)C1(N)CCOCC1. The minimum Gasteiger partial charge on any atom is -0.396 e. The Kier molecular flexibility index (Phi) is 5.84. The first kappa shape index (κ1) is 14.4. The van der Waals surface area contributed by atoms with Crippen LogP contribution >= 0.6 is 0 Å². The maximum absolute atomic E-state index is 12.1. The van der Waals surface area contributed by atoms with Crippen LogP contribution in [0.25, 0.3) is 0 Å². The Morgan fingerprint density at radius 3 is 2.76 bits per heavy atom. The normalized spacial score (nSPS) is 20.9. The molecule has 1 atom stereocenters. The fraction of sp³-hybridized carbons (Fsp3) is 0.909. The zero-order chi connectivity index (χ0) is 12.7. The number of aliphatic hydroxyl groups is 1. The summed E-state index contributed by atoms with van der Waals surface area (Å²) in [4.78, 5) is 12.1. The summed E-state index contributed by atoms with van der Waals surface area (Å²) in [5, 5.41) is 11.7. The smallest absolute Gasteiger partial charge is 0.240 e. The van der Waals surface area contributed by atoms with Crippen LogP contribution in [0.1, 0.15) is 19.3 Å². The third-order valence-corrected chi connectivity index (χ3v) is 3.02. The molecule has 6 nitrogen and oxygen atoms in total. The molecule has 1 aliphatic heterocycles. The molecule has 1 aliphatic rings. The van der Waals surface area contributed by atoms with Crippen molar-refractivity contribution in [1.29, 1.82) is 0 Å². The molecule has 0 saturated carbocycles. The molecule has 1 rings (SSSR count). The van der Waals surface area contributed by atoms with Gasteiger partial charge in [-0.3, -0.25) is 4.79 Å². The Labute approximate surface area is 101 Å². The lowest BCUT2D eigenvalue weighted by molar-refractivity contribution is -0.131. The van der Waals surface area contributed by atoms with Crippen LogP contribution in [-0.2, 0) is 14.3 Å². The van der Waals surface area contributed by atoms with Crippen LogP contribution in [0.4, 0.5) is 0 Å². The minimum atomic E-state index is -0.848. The van der Waals surface area contributed by atoms with Gasteiger partial charge in [-0.2, -0.15) is 0 Å². The molecule has 4 N–H and O–H groups in total. The highest BCUT2D eigenvalue weighted by Crippen LogP contribution is 2.18. The Hall–Kier alpha value is -0.690. The Morgan fingerprint density at radius 2 is 2.24 bits per heavy atom. The maximum Gasteiger partial charge on any atom is 0.240 e. The standard InChI is InChI=1S/C11H22N2O4/c1-16-8-9(2-5-14)13-10(15)11(12)3-6-17-7-4-11/h9,14H,2-8,12H2,1H3,(H,13,15). The molecular weight excluding hydrogens is 224 g/mol. The van der Waals surface area contributed by atoms with Gasteiger partial charge in [-0.25, -0.2) is 0 Å². The number of rotatable bonds is 6. The van der Waals surface area contributed by atoms with Crippen molar-refractivity contribution < 1.29 is 19.4 Å². The summed E-state index contributed by atoms with van der Waals surface area (Å²) < 4.78 is 10.2. The van der Waals surface area contributed by atoms with Gasteiger partial charge in [0, 0.05) is 26.9 Å². The molecule has 1 heterocycles. The van der Waals surface area contributed by atoms with Gasteiger partial charge in [0.05, 0.1) is 18.2 Å². The highest BCUT2D eigenvalue weighted by Gasteiger charge is 2.36. The van der Waals surface area contributed by atoms with Gasteiger partial charge >= 0.3 is 0 Å². The number of methoxy groups -OCH3 is 1. The molecule has 17 heavy (non-hydrogen) atoms. The van der Waals surface area contributed by atoms with E-state index in [0.29, 0.717) is 39.1 Å². The number of carbonyl (C=O) groups is 1. The van der Waals surface area contributed by atoms with E-state index in [2.05, 4.69) is 5.32 Å². The van der Waals surface area contributed by atoms with Crippen LogP contribution in [-0.4, -0.2) is 56.1 Å². The highest BCUT2D eigenvalue weighted by molar-refractivity contribution is 5.86. The second-order valence-electron chi connectivity index (χ2n) is 4.41. The van der Waals surface area contributed by atoms with Crippen molar-refractivity contribution in [2.24, 2.45) is 5.73 Å². The van der Waals surface area contributed by atoms with Crippen LogP contribution in [0.3, 0.4) is 0 Å². The summed E-state index contributed by atoms with van der Waals surface area (Å²) in [7, 11) is 1.56. The Balaban J connectivity index is 2.49. The molecule has 1 unspecified atom stereocenters. The lowest BCUT2D eigenvalue weighted by atomic mass is 9.90. The fourth-order valence-electron chi connectivity index (χ4n) is 1.85. The van der Waals surface area contributed by atoms with Crippen molar-refractivity contribution in [3.8, 4) is 0 Å². The van der Waals surface area contributed by atoms with Crippen LogP contribution in [0.2, 0.25) is 0 Å². The Morgan fingerprint density at radius 1 is 1.59 bits per heavy atom. The topological polar surface area (TPSA) is 93.8 Å². The summed E-state index contributed by atoms with van der Waals surface area (Å²) >= 11 is 0. The van der Waals surface area contributed by atoms with E-state index in [9.17, 15) is 4.79 Å². The van der Waals surface area contributed by atoms with Crippen molar-refractivity contribution in [2.75, 3.05) is 33.5 Å². The zero-order valence-electron chi connectivity index (χ0n) is 10.3. The quantitative estimate of drug-likeness (QED) is 0.559. The van der Waals surface area contributed by atoms with Crippen LogP contribution in [0.15, 0.2) is 0 Å². The van der Waals surface area contributed by atoms with E-state index in [4.69, 9.17) is 20.3 Å². The molecule has 0 aromatic rings. The van der Waals surface area contributed by atoms with E-state index < -0.39 is 5.54 Å². The van der Waals surface area contributed by atoms with Crippen LogP contribution < -0.4 is 11.1 Å². The van der Waals surface area contributed by atoms with E-state index >= 15 is 0 Å². The lowest BCUT2D eigenvalue weighted by Gasteiger charge is -2.33. The average Bonchev–Trinajstić information content (AvgIpc) is 2.30. The van der Waals surface area contributed by atoms with E-state index in [-0.39, 0.29) is 18.6 Å². The first-order valence-electron chi connectivity index (χ1n) is 5.90. The number of ether oxygens (including phenoxy) is 2. The maximum atomic E-state index is 12.1. The molecule has 0 bridgehead atoms. The molecule has 0 aliphatic carbocycles. The van der Waals surface area contributed by atoms with Crippen molar-refractivity contribution in [3.63, 3.8) is 0 Å². The molecule has 1 fully saturated rings. The Bertz CT molecular complexity index is 236. The van der Waals surface area contributed by atoms with E-state index in [1.165, 1.54) is 0 Å². The molecule has 0 spiro atoms. The third kappa shape index (κ3) is 4.23. The zero-order valence-corrected chi connectivity index (χ0v) is 10.3. The monoisotopic (exact) mass is 246 g/mol. The molecule has 0 aromatic carbocycles. The number of carbonyl (C=O) groups excluding carboxylic acids is 1. The molecule has 100 valence electrons. The predicted molar refractivity (Wildman–Crippen MR) is 62.5 cm³/mol. The molecule has 1 amide bonds. The fourth-order valence-corrected chi connectivity index (χ4v) is 1.85. The molecular formula is C11H22N2O4. The summed E-state index contributed by atoms with van der Waals surface area (Å²) in [6, 6.07) is -0.194. The van der Waals surface area contributed by atoms with Crippen molar-refractivity contribution in [1.82, 2.24) is 5.32 Å². The summed E-state index contributed by atoms with van der Waals surface area (Å²) in [5.41, 5.74) is 5.20. The van der Waals surface area contributed by atoms with Crippen molar-refractivity contribution in [2.45, 2.75) is 30.8 Å². The van der Waals surface area contributed by atoms with Crippen LogP contribution in [0.5, 0.6) is 0 Å². The van der Waals surface area contributed by atoms with E-state index in [1.807, 2.05) is 0 Å². The lowest BCUT2D eigenvalue weighted by Crippen LogP contribution is -2.59. The van der Waals surface area contributed by atoms with Gasteiger partial charge < -0.3 is 25.6 Å².